The van der Waals surface area contributed by atoms with Crippen LogP contribution in [0.15, 0.2) is 29.3 Å². The van der Waals surface area contributed by atoms with Gasteiger partial charge in [0.25, 0.3) is 0 Å². The van der Waals surface area contributed by atoms with Crippen molar-refractivity contribution < 1.29 is 4.74 Å². The van der Waals surface area contributed by atoms with Gasteiger partial charge in [-0.15, -0.1) is 0 Å². The van der Waals surface area contributed by atoms with Crippen molar-refractivity contribution in [3.8, 4) is 0 Å². The first-order valence-electron chi connectivity index (χ1n) is 10.1. The first kappa shape index (κ1) is 19.2. The Bertz CT molecular complexity index is 572. The molecule has 1 aliphatic heterocycles. The third-order valence-corrected chi connectivity index (χ3v) is 4.94. The zero-order valence-corrected chi connectivity index (χ0v) is 16.5. The minimum Gasteiger partial charge on any atom is -0.373 e. The molecule has 0 amide bonds. The average molecular weight is 359 g/mol. The van der Waals surface area contributed by atoms with E-state index in [9.17, 15) is 0 Å². The van der Waals surface area contributed by atoms with Crippen LogP contribution in [-0.2, 0) is 17.8 Å². The Labute approximate surface area is 158 Å². The molecule has 2 atom stereocenters. The normalized spacial score (nSPS) is 24.5. The second-order valence-corrected chi connectivity index (χ2v) is 7.79. The molecule has 2 fully saturated rings. The number of hydrogen-bond donors (Lipinski definition) is 2. The van der Waals surface area contributed by atoms with Crippen LogP contribution in [0.4, 0.5) is 0 Å². The van der Waals surface area contributed by atoms with E-state index in [0.29, 0.717) is 18.8 Å². The molecule has 1 heterocycles. The third-order valence-electron chi connectivity index (χ3n) is 4.94. The Kier molecular flexibility index (Phi) is 6.92. The molecule has 5 heteroatoms. The molecular formula is C21H34N4O. The van der Waals surface area contributed by atoms with Gasteiger partial charge in [-0.05, 0) is 50.7 Å². The Morgan fingerprint density at radius 3 is 2.35 bits per heavy atom. The van der Waals surface area contributed by atoms with E-state index < -0.39 is 0 Å². The summed E-state index contributed by atoms with van der Waals surface area (Å²) >= 11 is 0. The van der Waals surface area contributed by atoms with Crippen molar-refractivity contribution >= 4 is 5.96 Å². The molecule has 5 nitrogen and oxygen atoms in total. The Balaban J connectivity index is 1.50. The molecule has 2 N–H and O–H groups in total. The number of ether oxygens (including phenoxy) is 1. The third kappa shape index (κ3) is 6.29. The fraction of sp³-hybridized carbons (Fsp3) is 0.667. The van der Waals surface area contributed by atoms with Crippen LogP contribution in [-0.4, -0.2) is 49.2 Å². The molecule has 26 heavy (non-hydrogen) atoms. The summed E-state index contributed by atoms with van der Waals surface area (Å²) in [4.78, 5) is 7.20. The highest BCUT2D eigenvalue weighted by Crippen LogP contribution is 2.27. The van der Waals surface area contributed by atoms with E-state index in [-0.39, 0.29) is 0 Å². The number of rotatable bonds is 7. The van der Waals surface area contributed by atoms with Crippen molar-refractivity contribution in [2.24, 2.45) is 10.9 Å². The highest BCUT2D eigenvalue weighted by Gasteiger charge is 2.22. The largest absolute Gasteiger partial charge is 0.373 e. The highest BCUT2D eigenvalue weighted by atomic mass is 16.5. The molecule has 1 aliphatic carbocycles. The van der Waals surface area contributed by atoms with Gasteiger partial charge in [-0.25, -0.2) is 4.99 Å². The van der Waals surface area contributed by atoms with Crippen LogP contribution in [0.2, 0.25) is 0 Å². The second kappa shape index (κ2) is 9.38. The van der Waals surface area contributed by atoms with E-state index in [1.165, 1.54) is 24.0 Å². The van der Waals surface area contributed by atoms with Crippen molar-refractivity contribution in [2.75, 3.05) is 26.2 Å². The smallest absolute Gasteiger partial charge is 0.191 e. The SMILES string of the molecule is CCNC(=NCc1ccc(CN2CC(C)OC(C)C2)cc1)NCC1CC1. The van der Waals surface area contributed by atoms with Gasteiger partial charge in [-0.1, -0.05) is 24.3 Å². The van der Waals surface area contributed by atoms with Crippen molar-refractivity contribution in [1.82, 2.24) is 15.5 Å². The molecule has 3 rings (SSSR count). The Morgan fingerprint density at radius 2 is 1.73 bits per heavy atom. The summed E-state index contributed by atoms with van der Waals surface area (Å²) in [5.74, 6) is 1.78. The fourth-order valence-electron chi connectivity index (χ4n) is 3.50. The summed E-state index contributed by atoms with van der Waals surface area (Å²) in [6.07, 6.45) is 3.35. The number of benzene rings is 1. The van der Waals surface area contributed by atoms with Crippen LogP contribution in [0.1, 0.15) is 44.7 Å². The molecule has 2 unspecified atom stereocenters. The molecule has 144 valence electrons. The molecule has 0 aromatic heterocycles. The lowest BCUT2D eigenvalue weighted by molar-refractivity contribution is -0.0704. The first-order valence-corrected chi connectivity index (χ1v) is 10.1. The first-order chi connectivity index (χ1) is 12.6. The van der Waals surface area contributed by atoms with Crippen LogP contribution in [0.3, 0.4) is 0 Å². The van der Waals surface area contributed by atoms with Gasteiger partial charge in [-0.3, -0.25) is 4.90 Å². The molecule has 0 spiro atoms. The summed E-state index contributed by atoms with van der Waals surface area (Å²) in [6, 6.07) is 8.88. The predicted octanol–water partition coefficient (Wildman–Crippen LogP) is 2.76. The number of morpholine rings is 1. The van der Waals surface area contributed by atoms with Crippen LogP contribution in [0.5, 0.6) is 0 Å². The molecule has 1 saturated heterocycles. The molecule has 0 bridgehead atoms. The van der Waals surface area contributed by atoms with Crippen molar-refractivity contribution in [3.05, 3.63) is 35.4 Å². The lowest BCUT2D eigenvalue weighted by Gasteiger charge is -2.35. The highest BCUT2D eigenvalue weighted by molar-refractivity contribution is 5.79. The van der Waals surface area contributed by atoms with Crippen molar-refractivity contribution in [3.63, 3.8) is 0 Å². The van der Waals surface area contributed by atoms with Gasteiger partial charge in [0.05, 0.1) is 18.8 Å². The van der Waals surface area contributed by atoms with E-state index in [2.05, 4.69) is 60.6 Å². The van der Waals surface area contributed by atoms with Crippen LogP contribution in [0, 0.1) is 5.92 Å². The minimum absolute atomic E-state index is 0.319. The van der Waals surface area contributed by atoms with E-state index in [1.807, 2.05) is 0 Å². The van der Waals surface area contributed by atoms with E-state index in [1.54, 1.807) is 0 Å². The monoisotopic (exact) mass is 358 g/mol. The maximum atomic E-state index is 5.82. The van der Waals surface area contributed by atoms with Gasteiger partial charge in [0.2, 0.25) is 0 Å². The summed E-state index contributed by atoms with van der Waals surface area (Å²) < 4.78 is 5.82. The zero-order chi connectivity index (χ0) is 18.4. The summed E-state index contributed by atoms with van der Waals surface area (Å²) in [7, 11) is 0. The number of hydrogen-bond acceptors (Lipinski definition) is 3. The van der Waals surface area contributed by atoms with Gasteiger partial charge >= 0.3 is 0 Å². The van der Waals surface area contributed by atoms with E-state index in [4.69, 9.17) is 9.73 Å². The molecule has 2 aliphatic rings. The number of nitrogens with one attached hydrogen (secondary N) is 2. The quantitative estimate of drug-likeness (QED) is 0.581. The van der Waals surface area contributed by atoms with Crippen molar-refractivity contribution in [1.29, 1.82) is 0 Å². The molecule has 0 radical (unpaired) electrons. The topological polar surface area (TPSA) is 48.9 Å². The molecule has 1 saturated carbocycles. The molecule has 1 aromatic carbocycles. The summed E-state index contributed by atoms with van der Waals surface area (Å²) in [5.41, 5.74) is 2.61. The van der Waals surface area contributed by atoms with Gasteiger partial charge in [0, 0.05) is 32.7 Å². The van der Waals surface area contributed by atoms with E-state index >= 15 is 0 Å². The van der Waals surface area contributed by atoms with Crippen LogP contribution >= 0.6 is 0 Å². The lowest BCUT2D eigenvalue weighted by atomic mass is 10.1. The fourth-order valence-corrected chi connectivity index (χ4v) is 3.50. The van der Waals surface area contributed by atoms with Gasteiger partial charge in [-0.2, -0.15) is 0 Å². The predicted molar refractivity (Wildman–Crippen MR) is 107 cm³/mol. The lowest BCUT2D eigenvalue weighted by Crippen LogP contribution is -2.44. The van der Waals surface area contributed by atoms with Gasteiger partial charge < -0.3 is 15.4 Å². The van der Waals surface area contributed by atoms with Crippen LogP contribution < -0.4 is 10.6 Å². The zero-order valence-electron chi connectivity index (χ0n) is 16.5. The van der Waals surface area contributed by atoms with E-state index in [0.717, 1.165) is 44.6 Å². The van der Waals surface area contributed by atoms with Crippen molar-refractivity contribution in [2.45, 2.75) is 58.9 Å². The number of aliphatic imine (C=N–C) groups is 1. The number of guanidine groups is 1. The van der Waals surface area contributed by atoms with Gasteiger partial charge in [0.1, 0.15) is 0 Å². The maximum Gasteiger partial charge on any atom is 0.191 e. The average Bonchev–Trinajstić information content (AvgIpc) is 3.42. The standard InChI is InChI=1S/C21H34N4O/c1-4-22-21(23-11-18-5-6-18)24-12-19-7-9-20(10-8-19)15-25-13-16(2)26-17(3)14-25/h7-10,16-18H,4-6,11-15H2,1-3H3,(H2,22,23,24). The number of nitrogens with zero attached hydrogens (tertiary/aromatic N) is 2. The summed E-state index contributed by atoms with van der Waals surface area (Å²) in [5, 5.41) is 6.78. The summed E-state index contributed by atoms with van der Waals surface area (Å²) in [6.45, 7) is 12.1. The van der Waals surface area contributed by atoms with Crippen LogP contribution in [0.25, 0.3) is 0 Å². The molecule has 1 aromatic rings. The second-order valence-electron chi connectivity index (χ2n) is 7.79. The minimum atomic E-state index is 0.319. The maximum absolute atomic E-state index is 5.82. The van der Waals surface area contributed by atoms with Gasteiger partial charge in [0.15, 0.2) is 5.96 Å². The molecular weight excluding hydrogens is 324 g/mol. The Hall–Kier alpha value is -1.59. The Morgan fingerprint density at radius 1 is 1.08 bits per heavy atom.